The van der Waals surface area contributed by atoms with Crippen molar-refractivity contribution in [3.63, 3.8) is 0 Å². The summed E-state index contributed by atoms with van der Waals surface area (Å²) in [5, 5.41) is 1.17. The highest BCUT2D eigenvalue weighted by atomic mass is 79.9. The molecule has 0 aliphatic heterocycles. The molecule has 0 heterocycles. The van der Waals surface area contributed by atoms with Crippen LogP contribution in [0.1, 0.15) is 6.42 Å². The van der Waals surface area contributed by atoms with Crippen molar-refractivity contribution in [2.75, 3.05) is 13.2 Å². The second-order valence-corrected chi connectivity index (χ2v) is 5.84. The first kappa shape index (κ1) is 15.5. The minimum Gasteiger partial charge on any atom is -0.493 e. The van der Waals surface area contributed by atoms with E-state index in [1.165, 1.54) is 0 Å². The molecule has 0 aliphatic carbocycles. The first-order valence-electron chi connectivity index (χ1n) is 6.11. The predicted octanol–water partition coefficient (Wildman–Crippen LogP) is 5.60. The number of benzene rings is 2. The van der Waals surface area contributed by atoms with Crippen molar-refractivity contribution in [1.82, 2.24) is 0 Å². The van der Waals surface area contributed by atoms with Crippen LogP contribution in [0.4, 0.5) is 0 Å². The molecule has 0 saturated carbocycles. The molecule has 2 rings (SSSR count). The van der Waals surface area contributed by atoms with Gasteiger partial charge in [0.15, 0.2) is 0 Å². The van der Waals surface area contributed by atoms with Crippen molar-refractivity contribution in [1.29, 1.82) is 0 Å². The summed E-state index contributed by atoms with van der Waals surface area (Å²) in [4.78, 5) is 0. The fraction of sp³-hybridized carbons (Fsp3) is 0.200. The highest BCUT2D eigenvalue weighted by Crippen LogP contribution is 2.27. The van der Waals surface area contributed by atoms with Gasteiger partial charge < -0.3 is 9.47 Å². The Hall–Kier alpha value is -0.900. The van der Waals surface area contributed by atoms with Crippen LogP contribution < -0.4 is 9.47 Å². The zero-order valence-electron chi connectivity index (χ0n) is 10.6. The van der Waals surface area contributed by atoms with E-state index < -0.39 is 0 Å². The van der Waals surface area contributed by atoms with Crippen LogP contribution in [0.15, 0.2) is 46.9 Å². The first-order valence-corrected chi connectivity index (χ1v) is 7.66. The minimum atomic E-state index is 0.524. The van der Waals surface area contributed by atoms with Gasteiger partial charge in [-0.2, -0.15) is 0 Å². The van der Waals surface area contributed by atoms with E-state index >= 15 is 0 Å². The van der Waals surface area contributed by atoms with E-state index in [0.717, 1.165) is 16.6 Å². The van der Waals surface area contributed by atoms with E-state index in [4.69, 9.17) is 32.7 Å². The number of hydrogen-bond donors (Lipinski definition) is 0. The summed E-state index contributed by atoms with van der Waals surface area (Å²) in [5.74, 6) is 1.44. The molecule has 106 valence electrons. The molecule has 20 heavy (non-hydrogen) atoms. The number of hydrogen-bond acceptors (Lipinski definition) is 2. The number of halogens is 3. The second kappa shape index (κ2) is 7.77. The molecule has 0 atom stereocenters. The summed E-state index contributed by atoms with van der Waals surface area (Å²) in [6.45, 7) is 1.11. The molecule has 0 aliphatic rings. The summed E-state index contributed by atoms with van der Waals surface area (Å²) in [6, 6.07) is 12.9. The van der Waals surface area contributed by atoms with Crippen molar-refractivity contribution in [3.05, 3.63) is 57.0 Å². The second-order valence-electron chi connectivity index (χ2n) is 4.08. The van der Waals surface area contributed by atoms with E-state index in [1.54, 1.807) is 18.2 Å². The smallest absolute Gasteiger partial charge is 0.139 e. The van der Waals surface area contributed by atoms with Crippen LogP contribution >= 0.6 is 39.1 Å². The van der Waals surface area contributed by atoms with Crippen LogP contribution in [0.3, 0.4) is 0 Å². The van der Waals surface area contributed by atoms with Gasteiger partial charge in [-0.3, -0.25) is 0 Å². The van der Waals surface area contributed by atoms with Crippen molar-refractivity contribution in [2.45, 2.75) is 6.42 Å². The van der Waals surface area contributed by atoms with Gasteiger partial charge in [0.25, 0.3) is 0 Å². The van der Waals surface area contributed by atoms with E-state index in [9.17, 15) is 0 Å². The maximum atomic E-state index is 6.00. The molecule has 0 N–H and O–H groups in total. The van der Waals surface area contributed by atoms with Gasteiger partial charge in [-0.15, -0.1) is 0 Å². The molecule has 0 bridgehead atoms. The normalized spacial score (nSPS) is 10.3. The van der Waals surface area contributed by atoms with E-state index in [0.29, 0.717) is 29.0 Å². The fourth-order valence-electron chi connectivity index (χ4n) is 1.55. The van der Waals surface area contributed by atoms with E-state index in [1.807, 2.05) is 24.3 Å². The van der Waals surface area contributed by atoms with Gasteiger partial charge in [-0.1, -0.05) is 39.1 Å². The van der Waals surface area contributed by atoms with E-state index in [2.05, 4.69) is 15.9 Å². The largest absolute Gasteiger partial charge is 0.493 e. The molecule has 5 heteroatoms. The maximum absolute atomic E-state index is 6.00. The Morgan fingerprint density at radius 2 is 1.60 bits per heavy atom. The van der Waals surface area contributed by atoms with Gasteiger partial charge in [-0.25, -0.2) is 0 Å². The zero-order valence-corrected chi connectivity index (χ0v) is 13.7. The molecule has 0 spiro atoms. The standard InChI is InChI=1S/C15H13BrCl2O2/c16-11-2-5-13(6-3-11)19-8-1-9-20-15-10-12(17)4-7-14(15)18/h2-7,10H,1,8-9H2. The molecule has 2 aromatic carbocycles. The third-order valence-electron chi connectivity index (χ3n) is 2.52. The minimum absolute atomic E-state index is 0.524. The lowest BCUT2D eigenvalue weighted by Gasteiger charge is -2.09. The van der Waals surface area contributed by atoms with Crippen LogP contribution in [0.5, 0.6) is 11.5 Å². The van der Waals surface area contributed by atoms with Crippen LogP contribution in [0, 0.1) is 0 Å². The Bertz CT molecular complexity index is 558. The van der Waals surface area contributed by atoms with Gasteiger partial charge in [-0.05, 0) is 36.4 Å². The average molecular weight is 376 g/mol. The summed E-state index contributed by atoms with van der Waals surface area (Å²) >= 11 is 15.3. The highest BCUT2D eigenvalue weighted by molar-refractivity contribution is 9.10. The average Bonchev–Trinajstić information content (AvgIpc) is 2.44. The quantitative estimate of drug-likeness (QED) is 0.611. The molecule has 0 radical (unpaired) electrons. The number of ether oxygens (including phenoxy) is 2. The SMILES string of the molecule is Clc1ccc(Cl)c(OCCCOc2ccc(Br)cc2)c1. The van der Waals surface area contributed by atoms with Crippen LogP contribution in [0.25, 0.3) is 0 Å². The fourth-order valence-corrected chi connectivity index (χ4v) is 2.15. The summed E-state index contributed by atoms with van der Waals surface area (Å²) in [5.41, 5.74) is 0. The van der Waals surface area contributed by atoms with Crippen molar-refractivity contribution in [3.8, 4) is 11.5 Å². The van der Waals surface area contributed by atoms with Crippen molar-refractivity contribution >= 4 is 39.1 Å². The molecule has 0 saturated heterocycles. The van der Waals surface area contributed by atoms with Crippen LogP contribution in [-0.4, -0.2) is 13.2 Å². The summed E-state index contributed by atoms with van der Waals surface area (Å²) in [7, 11) is 0. The van der Waals surface area contributed by atoms with Gasteiger partial charge >= 0.3 is 0 Å². The van der Waals surface area contributed by atoms with Crippen LogP contribution in [0.2, 0.25) is 10.0 Å². The molecule has 2 aromatic rings. The van der Waals surface area contributed by atoms with Gasteiger partial charge in [0.2, 0.25) is 0 Å². The zero-order chi connectivity index (χ0) is 14.4. The molecule has 0 unspecified atom stereocenters. The Balaban J connectivity index is 1.71. The topological polar surface area (TPSA) is 18.5 Å². The monoisotopic (exact) mass is 374 g/mol. The molecular weight excluding hydrogens is 363 g/mol. The predicted molar refractivity (Wildman–Crippen MR) is 86.2 cm³/mol. The lowest BCUT2D eigenvalue weighted by Crippen LogP contribution is -2.05. The Morgan fingerprint density at radius 1 is 0.900 bits per heavy atom. The van der Waals surface area contributed by atoms with Gasteiger partial charge in [0.1, 0.15) is 11.5 Å². The van der Waals surface area contributed by atoms with Gasteiger partial charge in [0.05, 0.1) is 18.2 Å². The maximum Gasteiger partial charge on any atom is 0.139 e. The molecule has 0 fully saturated rings. The lowest BCUT2D eigenvalue weighted by molar-refractivity contribution is 0.247. The highest BCUT2D eigenvalue weighted by Gasteiger charge is 2.02. The van der Waals surface area contributed by atoms with Crippen molar-refractivity contribution < 1.29 is 9.47 Å². The van der Waals surface area contributed by atoms with Crippen LogP contribution in [-0.2, 0) is 0 Å². The Labute approximate surface area is 136 Å². The third-order valence-corrected chi connectivity index (χ3v) is 3.60. The van der Waals surface area contributed by atoms with Gasteiger partial charge in [0, 0.05) is 22.0 Å². The first-order chi connectivity index (χ1) is 9.65. The molecule has 0 aromatic heterocycles. The summed E-state index contributed by atoms with van der Waals surface area (Å²) in [6.07, 6.45) is 0.763. The van der Waals surface area contributed by atoms with E-state index in [-0.39, 0.29) is 0 Å². The third kappa shape index (κ3) is 4.89. The number of rotatable bonds is 6. The summed E-state index contributed by atoms with van der Waals surface area (Å²) < 4.78 is 12.2. The molecular formula is C15H13BrCl2O2. The van der Waals surface area contributed by atoms with Crippen molar-refractivity contribution in [2.24, 2.45) is 0 Å². The molecule has 0 amide bonds. The molecule has 2 nitrogen and oxygen atoms in total. The lowest BCUT2D eigenvalue weighted by atomic mass is 10.3. The Kier molecular flexibility index (Phi) is 6.02. The Morgan fingerprint density at radius 3 is 2.35 bits per heavy atom.